The fourth-order valence-electron chi connectivity index (χ4n) is 2.75. The molecule has 20 heavy (non-hydrogen) atoms. The third kappa shape index (κ3) is 2.10. The number of aryl methyl sites for hydroxylation is 1. The van der Waals surface area contributed by atoms with Gasteiger partial charge in [0.1, 0.15) is 12.2 Å². The van der Waals surface area contributed by atoms with E-state index in [4.69, 9.17) is 0 Å². The molecule has 0 aromatic heterocycles. The molecule has 3 heteroatoms. The zero-order chi connectivity index (χ0) is 14.1. The van der Waals surface area contributed by atoms with Gasteiger partial charge in [-0.25, -0.2) is 0 Å². The second-order valence-corrected chi connectivity index (χ2v) is 5.22. The number of amides is 1. The van der Waals surface area contributed by atoms with E-state index in [1.54, 1.807) is 4.90 Å². The Kier molecular flexibility index (Phi) is 3.28. The number of likely N-dealkylation sites (N-methyl/N-ethyl adjacent to an activating group) is 1. The van der Waals surface area contributed by atoms with Crippen LogP contribution in [0.25, 0.3) is 0 Å². The largest absolute Gasteiger partial charge is 0.324 e. The second kappa shape index (κ2) is 5.10. The van der Waals surface area contributed by atoms with Crippen LogP contribution >= 0.6 is 0 Å². The lowest BCUT2D eigenvalue weighted by atomic mass is 10.1. The average Bonchev–Trinajstić information content (AvgIpc) is 2.77. The van der Waals surface area contributed by atoms with Crippen molar-refractivity contribution in [1.82, 2.24) is 10.2 Å². The molecule has 2 atom stereocenters. The van der Waals surface area contributed by atoms with Crippen LogP contribution in [0.1, 0.15) is 28.9 Å². The first kappa shape index (κ1) is 12.9. The molecule has 1 aliphatic heterocycles. The zero-order valence-corrected chi connectivity index (χ0v) is 11.7. The molecule has 1 N–H and O–H groups in total. The molecule has 1 saturated heterocycles. The molecule has 1 heterocycles. The topological polar surface area (TPSA) is 32.3 Å². The Labute approximate surface area is 119 Å². The Morgan fingerprint density at radius 1 is 1.00 bits per heavy atom. The molecule has 0 spiro atoms. The Morgan fingerprint density at radius 3 is 2.35 bits per heavy atom. The number of carbonyl (C=O) groups excluding carboxylic acids is 1. The average molecular weight is 266 g/mol. The third-order valence-corrected chi connectivity index (χ3v) is 3.92. The minimum absolute atomic E-state index is 0.0612. The van der Waals surface area contributed by atoms with Crippen LogP contribution in [0.15, 0.2) is 54.6 Å². The van der Waals surface area contributed by atoms with Crippen molar-refractivity contribution in [3.05, 3.63) is 71.3 Å². The lowest BCUT2D eigenvalue weighted by Gasteiger charge is -2.21. The van der Waals surface area contributed by atoms with Crippen molar-refractivity contribution in [3.8, 4) is 0 Å². The van der Waals surface area contributed by atoms with E-state index >= 15 is 0 Å². The van der Waals surface area contributed by atoms with Gasteiger partial charge >= 0.3 is 0 Å². The summed E-state index contributed by atoms with van der Waals surface area (Å²) < 4.78 is 0. The maximum Gasteiger partial charge on any atom is 0.245 e. The lowest BCUT2D eigenvalue weighted by molar-refractivity contribution is -0.128. The number of nitrogens with one attached hydrogen (secondary N) is 1. The van der Waals surface area contributed by atoms with Crippen LogP contribution in [0, 0.1) is 6.92 Å². The first-order chi connectivity index (χ1) is 9.68. The molecule has 0 saturated carbocycles. The van der Waals surface area contributed by atoms with Crippen molar-refractivity contribution in [2.75, 3.05) is 7.05 Å². The highest BCUT2D eigenvalue weighted by Gasteiger charge is 2.38. The van der Waals surface area contributed by atoms with Crippen LogP contribution in [0.5, 0.6) is 0 Å². The number of carbonyl (C=O) groups is 1. The number of hydrogen-bond donors (Lipinski definition) is 1. The molecule has 1 aliphatic rings. The minimum Gasteiger partial charge on any atom is -0.324 e. The van der Waals surface area contributed by atoms with Gasteiger partial charge in [0.15, 0.2) is 0 Å². The van der Waals surface area contributed by atoms with Gasteiger partial charge in [0.25, 0.3) is 0 Å². The maximum absolute atomic E-state index is 12.5. The van der Waals surface area contributed by atoms with E-state index < -0.39 is 0 Å². The Morgan fingerprint density at radius 2 is 1.65 bits per heavy atom. The van der Waals surface area contributed by atoms with E-state index in [2.05, 4.69) is 24.4 Å². The fraction of sp³-hybridized carbons (Fsp3) is 0.235. The van der Waals surface area contributed by atoms with Gasteiger partial charge in [-0.2, -0.15) is 0 Å². The summed E-state index contributed by atoms with van der Waals surface area (Å²) in [5, 5.41) is 3.44. The standard InChI is InChI=1S/C17H18N2O/c1-12-8-6-7-11-14(12)16-18-15(17(20)19(16)2)13-9-4-3-5-10-13/h3-11,15-16,18H,1-2H3. The van der Waals surface area contributed by atoms with Crippen LogP contribution in [0.4, 0.5) is 0 Å². The van der Waals surface area contributed by atoms with Crippen LogP contribution in [0.3, 0.4) is 0 Å². The van der Waals surface area contributed by atoms with Gasteiger partial charge in [-0.3, -0.25) is 10.1 Å². The zero-order valence-electron chi connectivity index (χ0n) is 11.7. The Balaban J connectivity index is 1.94. The number of hydrogen-bond acceptors (Lipinski definition) is 2. The van der Waals surface area contributed by atoms with Crippen molar-refractivity contribution in [2.45, 2.75) is 19.1 Å². The normalized spacial score (nSPS) is 22.3. The van der Waals surface area contributed by atoms with Gasteiger partial charge in [0.2, 0.25) is 5.91 Å². The number of nitrogens with zero attached hydrogens (tertiary/aromatic N) is 1. The van der Waals surface area contributed by atoms with Crippen LogP contribution in [-0.4, -0.2) is 17.9 Å². The molecular weight excluding hydrogens is 248 g/mol. The summed E-state index contributed by atoms with van der Waals surface area (Å²) in [5.74, 6) is 0.115. The molecule has 3 rings (SSSR count). The van der Waals surface area contributed by atoms with E-state index in [1.807, 2.05) is 49.5 Å². The molecule has 2 aromatic rings. The number of rotatable bonds is 2. The second-order valence-electron chi connectivity index (χ2n) is 5.22. The van der Waals surface area contributed by atoms with E-state index in [-0.39, 0.29) is 18.1 Å². The van der Waals surface area contributed by atoms with Gasteiger partial charge in [-0.1, -0.05) is 54.6 Å². The van der Waals surface area contributed by atoms with Gasteiger partial charge in [0.05, 0.1) is 0 Å². The highest BCUT2D eigenvalue weighted by atomic mass is 16.2. The monoisotopic (exact) mass is 266 g/mol. The molecule has 102 valence electrons. The summed E-state index contributed by atoms with van der Waals surface area (Å²) in [4.78, 5) is 14.3. The van der Waals surface area contributed by atoms with Gasteiger partial charge in [-0.15, -0.1) is 0 Å². The smallest absolute Gasteiger partial charge is 0.245 e. The highest BCUT2D eigenvalue weighted by molar-refractivity contribution is 5.85. The molecule has 2 aromatic carbocycles. The highest BCUT2D eigenvalue weighted by Crippen LogP contribution is 2.32. The predicted octanol–water partition coefficient (Wildman–Crippen LogP) is 2.80. The van der Waals surface area contributed by atoms with E-state index in [1.165, 1.54) is 5.56 Å². The first-order valence-electron chi connectivity index (χ1n) is 6.81. The fourth-order valence-corrected chi connectivity index (χ4v) is 2.75. The summed E-state index contributed by atoms with van der Waals surface area (Å²) in [6, 6.07) is 17.8. The van der Waals surface area contributed by atoms with E-state index in [0.29, 0.717) is 0 Å². The summed E-state index contributed by atoms with van der Waals surface area (Å²) in [7, 11) is 1.86. The molecule has 1 fully saturated rings. The van der Waals surface area contributed by atoms with Crippen molar-refractivity contribution >= 4 is 5.91 Å². The summed E-state index contributed by atoms with van der Waals surface area (Å²) in [6.07, 6.45) is -0.0612. The van der Waals surface area contributed by atoms with Crippen LogP contribution in [0.2, 0.25) is 0 Å². The third-order valence-electron chi connectivity index (χ3n) is 3.92. The maximum atomic E-state index is 12.5. The van der Waals surface area contributed by atoms with Gasteiger partial charge in [0, 0.05) is 7.05 Å². The lowest BCUT2D eigenvalue weighted by Crippen LogP contribution is -2.26. The van der Waals surface area contributed by atoms with E-state index in [0.717, 1.165) is 11.1 Å². The van der Waals surface area contributed by atoms with Crippen LogP contribution < -0.4 is 5.32 Å². The molecular formula is C17H18N2O. The molecule has 0 bridgehead atoms. The molecule has 0 radical (unpaired) electrons. The van der Waals surface area contributed by atoms with Crippen molar-refractivity contribution in [2.24, 2.45) is 0 Å². The van der Waals surface area contributed by atoms with Crippen molar-refractivity contribution in [3.63, 3.8) is 0 Å². The number of benzene rings is 2. The molecule has 0 aliphatic carbocycles. The molecule has 3 nitrogen and oxygen atoms in total. The Hall–Kier alpha value is -2.13. The summed E-state index contributed by atoms with van der Waals surface area (Å²) in [6.45, 7) is 2.07. The van der Waals surface area contributed by atoms with Crippen molar-refractivity contribution in [1.29, 1.82) is 0 Å². The van der Waals surface area contributed by atoms with Crippen molar-refractivity contribution < 1.29 is 4.79 Å². The SMILES string of the molecule is Cc1ccccc1C1NC(c2ccccc2)C(=O)N1C. The summed E-state index contributed by atoms with van der Waals surface area (Å²) >= 11 is 0. The van der Waals surface area contributed by atoms with Crippen LogP contribution in [-0.2, 0) is 4.79 Å². The molecule has 1 amide bonds. The minimum atomic E-state index is -0.259. The quantitative estimate of drug-likeness (QED) is 0.906. The van der Waals surface area contributed by atoms with Gasteiger partial charge < -0.3 is 4.90 Å². The summed E-state index contributed by atoms with van der Waals surface area (Å²) in [5.41, 5.74) is 3.36. The van der Waals surface area contributed by atoms with E-state index in [9.17, 15) is 4.79 Å². The first-order valence-corrected chi connectivity index (χ1v) is 6.81. The van der Waals surface area contributed by atoms with Gasteiger partial charge in [-0.05, 0) is 23.6 Å². The predicted molar refractivity (Wildman–Crippen MR) is 79.0 cm³/mol. The Bertz CT molecular complexity index is 624. The molecule has 2 unspecified atom stereocenters.